The molecule has 8 aromatic rings. The zero-order chi connectivity index (χ0) is 71.7. The average Bonchev–Trinajstić information content (AvgIpc) is 0.895. The van der Waals surface area contributed by atoms with Gasteiger partial charge < -0.3 is 38.6 Å². The second-order valence-electron chi connectivity index (χ2n) is 20.8. The molecule has 24 heteroatoms. The molecule has 0 fully saturated rings. The van der Waals surface area contributed by atoms with Crippen LogP contribution < -0.4 is 28.4 Å². The first-order valence-corrected chi connectivity index (χ1v) is 29.0. The highest BCUT2D eigenvalue weighted by atomic mass is 19.4. The van der Waals surface area contributed by atoms with Gasteiger partial charge in [0.15, 0.2) is 23.1 Å². The highest BCUT2D eigenvalue weighted by Crippen LogP contribution is 2.35. The van der Waals surface area contributed by atoms with E-state index in [1.807, 2.05) is 0 Å². The van der Waals surface area contributed by atoms with Gasteiger partial charge in [-0.05, 0) is 188 Å². The Bertz CT molecular complexity index is 4280. The number of aryl methyl sites for hydroxylation is 4. The van der Waals surface area contributed by atoms with Crippen molar-refractivity contribution in [1.29, 1.82) is 0 Å². The summed E-state index contributed by atoms with van der Waals surface area (Å²) in [6.45, 7) is 6.27. The van der Waals surface area contributed by atoms with Crippen LogP contribution in [-0.2, 0) is 19.4 Å². The first-order chi connectivity index (χ1) is 46.1. The molecule has 0 heterocycles. The molecule has 8 aromatic carbocycles. The largest absolute Gasteiger partial charge is 0.497 e. The smallest absolute Gasteiger partial charge is 0.416 e. The predicted molar refractivity (Wildman–Crippen MR) is 360 cm³/mol. The van der Waals surface area contributed by atoms with Crippen molar-refractivity contribution in [2.24, 2.45) is 0 Å². The molecule has 0 spiro atoms. The third kappa shape index (κ3) is 21.3. The van der Waals surface area contributed by atoms with E-state index in [2.05, 4.69) is 0 Å². The maximum absolute atomic E-state index is 13.0. The fraction of sp³-hybridized carbons (Fsp3) is 0.178. The van der Waals surface area contributed by atoms with Gasteiger partial charge in [0.1, 0.15) is 45.6 Å². The lowest BCUT2D eigenvalue weighted by Gasteiger charge is -2.11. The van der Waals surface area contributed by atoms with Gasteiger partial charge in [-0.1, -0.05) is 54.6 Å². The number of carbonyl (C=O) groups is 4. The second kappa shape index (κ2) is 36.0. The van der Waals surface area contributed by atoms with E-state index >= 15 is 0 Å². The zero-order valence-corrected chi connectivity index (χ0v) is 54.3. The Morgan fingerprint density at radius 1 is 0.433 bits per heavy atom. The number of alkyl halides is 3. The van der Waals surface area contributed by atoms with Crippen molar-refractivity contribution in [2.75, 3.05) is 42.7 Å². The highest BCUT2D eigenvalue weighted by Gasteiger charge is 2.32. The fourth-order valence-electron chi connectivity index (χ4n) is 9.17. The predicted octanol–water partition coefficient (Wildman–Crippen LogP) is 15.3. The van der Waals surface area contributed by atoms with E-state index in [0.717, 1.165) is 22.8 Å². The second-order valence-corrected chi connectivity index (χ2v) is 20.8. The summed E-state index contributed by atoms with van der Waals surface area (Å²) in [4.78, 5) is 81.6. The Morgan fingerprint density at radius 2 is 0.835 bits per heavy atom. The number of rotatable bonds is 23. The lowest BCUT2D eigenvalue weighted by molar-refractivity contribution is -0.385. The minimum absolute atomic E-state index is 0.0500. The number of ether oxygens (including phenoxy) is 6. The van der Waals surface area contributed by atoms with Gasteiger partial charge in [-0.3, -0.25) is 49.5 Å². The monoisotopic (exact) mass is 1330 g/mol. The van der Waals surface area contributed by atoms with E-state index in [1.165, 1.54) is 135 Å². The quantitative estimate of drug-likeness (QED) is 0.0260. The van der Waals surface area contributed by atoms with E-state index in [1.54, 1.807) is 124 Å². The zero-order valence-electron chi connectivity index (χ0n) is 54.3. The van der Waals surface area contributed by atoms with Crippen molar-refractivity contribution in [2.45, 2.75) is 47.1 Å². The summed E-state index contributed by atoms with van der Waals surface area (Å²) >= 11 is 0. The van der Waals surface area contributed by atoms with E-state index in [0.29, 0.717) is 67.9 Å². The number of hydrogen-bond donors (Lipinski definition) is 2. The third-order valence-electron chi connectivity index (χ3n) is 14.1. The van der Waals surface area contributed by atoms with Gasteiger partial charge in [-0.25, -0.2) is 0 Å². The summed E-state index contributed by atoms with van der Waals surface area (Å²) in [6, 6.07) is 37.8. The van der Waals surface area contributed by atoms with Crippen molar-refractivity contribution in [1.82, 2.24) is 0 Å². The summed E-state index contributed by atoms with van der Waals surface area (Å²) < 4.78 is 69.9. The molecule has 0 saturated carbocycles. The Labute approximate surface area is 556 Å². The lowest BCUT2D eigenvalue weighted by atomic mass is 10.0. The minimum Gasteiger partial charge on any atom is -0.497 e. The molecule has 21 nitrogen and oxygen atoms in total. The first-order valence-electron chi connectivity index (χ1n) is 29.0. The molecule has 0 aliphatic carbocycles. The first kappa shape index (κ1) is 75.8. The molecule has 0 aliphatic rings. The molecule has 2 N–H and O–H groups in total. The van der Waals surface area contributed by atoms with Crippen molar-refractivity contribution < 1.29 is 85.8 Å². The number of hydrogen-bond acceptors (Lipinski definition) is 18. The SMILES string of the molecule is COc1cc(CO)cc(C(=O)/C=C/c2ccc(C)cc2[N+](=O)[O-])c1.COc1ccc(CO)cc1C(=O)/C=C/c1ccc(C)cc1[N+](=O)[O-].COc1cccc(OC)c1C(=O)/C=C/c1ccc(C)c(C(F)(F)F)c1.COc1cccc(OC)c1C(=O)/C=C/c1ccc(C)cc1[N+](=O)[O-]. The van der Waals surface area contributed by atoms with Gasteiger partial charge in [0, 0.05) is 23.8 Å². The molecular formula is C73H68F3N3O18. The molecule has 0 amide bonds. The van der Waals surface area contributed by atoms with Crippen LogP contribution in [0.1, 0.15) is 103 Å². The van der Waals surface area contributed by atoms with Crippen molar-refractivity contribution in [3.63, 3.8) is 0 Å². The Morgan fingerprint density at radius 3 is 1.22 bits per heavy atom. The van der Waals surface area contributed by atoms with Gasteiger partial charge >= 0.3 is 6.18 Å². The molecule has 0 saturated heterocycles. The topological polar surface area (TPSA) is 294 Å². The summed E-state index contributed by atoms with van der Waals surface area (Å²) in [5, 5.41) is 51.8. The van der Waals surface area contributed by atoms with Crippen LogP contribution in [0.3, 0.4) is 0 Å². The summed E-state index contributed by atoms with van der Waals surface area (Å²) in [5.41, 5.74) is 5.11. The third-order valence-corrected chi connectivity index (χ3v) is 14.1. The molecule has 504 valence electrons. The van der Waals surface area contributed by atoms with Crippen LogP contribution in [0.25, 0.3) is 24.3 Å². The van der Waals surface area contributed by atoms with E-state index < -0.39 is 32.3 Å². The number of methoxy groups -OCH3 is 6. The number of ketones is 4. The highest BCUT2D eigenvalue weighted by molar-refractivity contribution is 6.12. The number of nitrogens with zero attached hydrogens (tertiary/aromatic N) is 3. The maximum atomic E-state index is 13.0. The fourth-order valence-corrected chi connectivity index (χ4v) is 9.17. The number of nitro groups is 3. The van der Waals surface area contributed by atoms with Crippen molar-refractivity contribution in [3.05, 3.63) is 284 Å². The number of aliphatic hydroxyl groups excluding tert-OH is 2. The molecular weight excluding hydrogens is 1260 g/mol. The van der Waals surface area contributed by atoms with Gasteiger partial charge in [0.25, 0.3) is 17.1 Å². The van der Waals surface area contributed by atoms with Crippen LogP contribution in [0, 0.1) is 58.0 Å². The molecule has 0 bridgehead atoms. The molecule has 8 rings (SSSR count). The average molecular weight is 1330 g/mol. The van der Waals surface area contributed by atoms with Crippen LogP contribution in [0.5, 0.6) is 34.5 Å². The number of nitro benzene ring substituents is 3. The summed E-state index contributed by atoms with van der Waals surface area (Å²) in [6.07, 6.45) is 6.15. The van der Waals surface area contributed by atoms with Crippen molar-refractivity contribution >= 4 is 64.5 Å². The molecule has 0 aromatic heterocycles. The number of benzene rings is 8. The molecule has 0 aliphatic heterocycles. The van der Waals surface area contributed by atoms with Gasteiger partial charge in [-0.15, -0.1) is 0 Å². The normalized spacial score (nSPS) is 11.0. The Hall–Kier alpha value is -11.9. The molecule has 0 unspecified atom stereocenters. The Kier molecular flexibility index (Phi) is 28.1. The standard InChI is InChI=1S/C19H17F3O3.3C18H17NO5/c1-12-7-8-13(11-14(12)19(20,21)22)9-10-15(23)18-16(24-2)5-4-6-17(18)25-3;1-12-7-8-13(14(11-12)19(21)22)9-10-15(20)18-16(23-2)5-4-6-17(18)24-3;1-12-3-5-14(16(9-12)19(22)23)6-7-17(21)15-10-13(11-20)4-8-18(15)24-2;1-12-3-4-14(17(7-12)19(22)23)5-6-18(21)15-8-13(11-20)9-16(10-15)24-2/h4-11H,1-3H3;4-11H,1-3H3;2*3-10,20H,11H2,1-2H3/b2*10-9+;7-6+;6-5+. The van der Waals surface area contributed by atoms with E-state index in [9.17, 15) is 72.9 Å². The minimum atomic E-state index is -4.44. The van der Waals surface area contributed by atoms with Crippen LogP contribution in [-0.4, -0.2) is 90.8 Å². The number of allylic oxidation sites excluding steroid dienone is 4. The lowest BCUT2D eigenvalue weighted by Crippen LogP contribution is -2.07. The van der Waals surface area contributed by atoms with Crippen LogP contribution in [0.2, 0.25) is 0 Å². The number of halogens is 3. The van der Waals surface area contributed by atoms with Crippen LogP contribution in [0.4, 0.5) is 30.2 Å². The van der Waals surface area contributed by atoms with Crippen LogP contribution in [0.15, 0.2) is 170 Å². The summed E-state index contributed by atoms with van der Waals surface area (Å²) in [7, 11) is 8.67. The molecule has 0 radical (unpaired) electrons. The Balaban J connectivity index is 0.000000234. The van der Waals surface area contributed by atoms with Gasteiger partial charge in [0.2, 0.25) is 0 Å². The molecule has 97 heavy (non-hydrogen) atoms. The number of aliphatic hydroxyl groups is 2. The number of carbonyl (C=O) groups excluding carboxylic acids is 4. The van der Waals surface area contributed by atoms with Gasteiger partial charge in [-0.2, -0.15) is 13.2 Å². The van der Waals surface area contributed by atoms with Crippen LogP contribution >= 0.6 is 0 Å². The van der Waals surface area contributed by atoms with Gasteiger partial charge in [0.05, 0.1) is 98.5 Å². The van der Waals surface area contributed by atoms with Crippen molar-refractivity contribution in [3.8, 4) is 34.5 Å². The molecule has 0 atom stereocenters. The van der Waals surface area contributed by atoms with E-state index in [-0.39, 0.29) is 75.4 Å². The maximum Gasteiger partial charge on any atom is 0.416 e. The summed E-state index contributed by atoms with van der Waals surface area (Å²) in [5.74, 6) is 0.755. The van der Waals surface area contributed by atoms with E-state index in [4.69, 9.17) is 28.4 Å².